The van der Waals surface area contributed by atoms with Gasteiger partial charge in [-0.25, -0.2) is 4.98 Å². The lowest BCUT2D eigenvalue weighted by atomic mass is 9.95. The topological polar surface area (TPSA) is 64.4 Å². The normalized spacial score (nSPS) is 14.2. The van der Waals surface area contributed by atoms with Gasteiger partial charge >= 0.3 is 5.97 Å². The molecule has 0 aromatic carbocycles. The lowest BCUT2D eigenvalue weighted by Crippen LogP contribution is -2.53. The molecule has 0 bridgehead atoms. The van der Waals surface area contributed by atoms with Gasteiger partial charge in [0.1, 0.15) is 11.8 Å². The molecule has 0 spiro atoms. The molecule has 0 fully saturated rings. The van der Waals surface area contributed by atoms with Gasteiger partial charge in [-0.05, 0) is 40.5 Å². The van der Waals surface area contributed by atoms with Gasteiger partial charge in [0, 0.05) is 11.8 Å². The standard InChI is InChI=1S/C14H24N2O3S/c1-5-18-12(17)14(4,16-11(2)3)7-6-10-20-13-15-8-9-19-13/h8-9,11,16H,5-7,10H2,1-4H3. The Morgan fingerprint density at radius 3 is 2.90 bits per heavy atom. The van der Waals surface area contributed by atoms with Gasteiger partial charge in [-0.2, -0.15) is 0 Å². The van der Waals surface area contributed by atoms with Crippen molar-refractivity contribution in [2.75, 3.05) is 12.4 Å². The molecule has 1 atom stereocenters. The molecule has 1 unspecified atom stereocenters. The van der Waals surface area contributed by atoms with Crippen molar-refractivity contribution in [3.05, 3.63) is 12.5 Å². The van der Waals surface area contributed by atoms with Gasteiger partial charge in [0.2, 0.25) is 0 Å². The molecule has 0 amide bonds. The van der Waals surface area contributed by atoms with E-state index in [0.29, 0.717) is 11.8 Å². The zero-order chi connectivity index (χ0) is 15.0. The first-order valence-corrected chi connectivity index (χ1v) is 7.93. The summed E-state index contributed by atoms with van der Waals surface area (Å²) >= 11 is 1.55. The number of oxazole rings is 1. The monoisotopic (exact) mass is 300 g/mol. The zero-order valence-corrected chi connectivity index (χ0v) is 13.5. The fraction of sp³-hybridized carbons (Fsp3) is 0.714. The molecule has 0 aliphatic carbocycles. The van der Waals surface area contributed by atoms with E-state index in [1.807, 2.05) is 27.7 Å². The van der Waals surface area contributed by atoms with E-state index in [1.165, 1.54) is 0 Å². The fourth-order valence-electron chi connectivity index (χ4n) is 2.03. The van der Waals surface area contributed by atoms with Gasteiger partial charge < -0.3 is 9.15 Å². The van der Waals surface area contributed by atoms with Crippen LogP contribution in [0.4, 0.5) is 0 Å². The highest BCUT2D eigenvalue weighted by molar-refractivity contribution is 7.99. The SMILES string of the molecule is CCOC(=O)C(C)(CCCSc1ncco1)NC(C)C. The Hall–Kier alpha value is -1.01. The molecular formula is C14H24N2O3S. The Bertz CT molecular complexity index is 395. The third kappa shape index (κ3) is 5.54. The van der Waals surface area contributed by atoms with Crippen LogP contribution >= 0.6 is 11.8 Å². The fourth-order valence-corrected chi connectivity index (χ4v) is 2.75. The van der Waals surface area contributed by atoms with Crippen molar-refractivity contribution < 1.29 is 13.9 Å². The number of hydrogen-bond acceptors (Lipinski definition) is 6. The van der Waals surface area contributed by atoms with Crippen LogP contribution in [-0.2, 0) is 9.53 Å². The van der Waals surface area contributed by atoms with E-state index in [1.54, 1.807) is 24.2 Å². The largest absolute Gasteiger partial charge is 0.465 e. The van der Waals surface area contributed by atoms with Gasteiger partial charge in [0.15, 0.2) is 0 Å². The van der Waals surface area contributed by atoms with Crippen molar-refractivity contribution in [2.45, 2.75) is 57.3 Å². The van der Waals surface area contributed by atoms with E-state index < -0.39 is 5.54 Å². The van der Waals surface area contributed by atoms with Crippen LogP contribution in [0.5, 0.6) is 0 Å². The van der Waals surface area contributed by atoms with E-state index in [9.17, 15) is 4.79 Å². The Morgan fingerprint density at radius 1 is 1.60 bits per heavy atom. The number of ether oxygens (including phenoxy) is 1. The second kappa shape index (κ2) is 8.32. The lowest BCUT2D eigenvalue weighted by molar-refractivity contribution is -0.151. The number of hydrogen-bond donors (Lipinski definition) is 1. The summed E-state index contributed by atoms with van der Waals surface area (Å²) in [4.78, 5) is 16.2. The van der Waals surface area contributed by atoms with E-state index in [0.717, 1.165) is 18.6 Å². The number of carbonyl (C=O) groups excluding carboxylic acids is 1. The zero-order valence-electron chi connectivity index (χ0n) is 12.6. The highest BCUT2D eigenvalue weighted by Crippen LogP contribution is 2.21. The number of carbonyl (C=O) groups is 1. The highest BCUT2D eigenvalue weighted by Gasteiger charge is 2.34. The summed E-state index contributed by atoms with van der Waals surface area (Å²) < 4.78 is 10.3. The Kier molecular flexibility index (Phi) is 7.09. The molecule has 0 saturated heterocycles. The lowest BCUT2D eigenvalue weighted by Gasteiger charge is -2.30. The predicted molar refractivity (Wildman–Crippen MR) is 79.8 cm³/mol. The summed E-state index contributed by atoms with van der Waals surface area (Å²) in [5.74, 6) is 0.671. The minimum Gasteiger partial charge on any atom is -0.465 e. The van der Waals surface area contributed by atoms with Crippen molar-refractivity contribution in [2.24, 2.45) is 0 Å². The van der Waals surface area contributed by atoms with Crippen LogP contribution in [0.2, 0.25) is 0 Å². The maximum Gasteiger partial charge on any atom is 0.326 e. The first kappa shape index (κ1) is 17.0. The number of aromatic nitrogens is 1. The van der Waals surface area contributed by atoms with E-state index in [-0.39, 0.29) is 12.0 Å². The van der Waals surface area contributed by atoms with Gasteiger partial charge in [0.25, 0.3) is 5.22 Å². The first-order valence-electron chi connectivity index (χ1n) is 6.95. The maximum absolute atomic E-state index is 12.1. The summed E-state index contributed by atoms with van der Waals surface area (Å²) in [5, 5.41) is 3.98. The molecule has 114 valence electrons. The van der Waals surface area contributed by atoms with Crippen LogP contribution in [0.15, 0.2) is 22.1 Å². The molecular weight excluding hydrogens is 276 g/mol. The predicted octanol–water partition coefficient (Wildman–Crippen LogP) is 2.87. The van der Waals surface area contributed by atoms with Crippen molar-refractivity contribution >= 4 is 17.7 Å². The highest BCUT2D eigenvalue weighted by atomic mass is 32.2. The first-order chi connectivity index (χ1) is 9.48. The van der Waals surface area contributed by atoms with Gasteiger partial charge in [0.05, 0.1) is 12.8 Å². The van der Waals surface area contributed by atoms with Crippen LogP contribution in [-0.4, -0.2) is 34.9 Å². The van der Waals surface area contributed by atoms with Crippen molar-refractivity contribution in [1.82, 2.24) is 10.3 Å². The third-order valence-electron chi connectivity index (χ3n) is 2.79. The second-order valence-electron chi connectivity index (χ2n) is 5.10. The van der Waals surface area contributed by atoms with Gasteiger partial charge in [-0.15, -0.1) is 0 Å². The number of esters is 1. The molecule has 1 N–H and O–H groups in total. The van der Waals surface area contributed by atoms with Crippen molar-refractivity contribution in [1.29, 1.82) is 0 Å². The molecule has 0 aliphatic rings. The van der Waals surface area contributed by atoms with Crippen molar-refractivity contribution in [3.8, 4) is 0 Å². The van der Waals surface area contributed by atoms with E-state index >= 15 is 0 Å². The average Bonchev–Trinajstić information content (AvgIpc) is 2.87. The molecule has 1 aromatic heterocycles. The second-order valence-corrected chi connectivity index (χ2v) is 6.15. The Labute approximate surface area is 124 Å². The molecule has 0 aliphatic heterocycles. The summed E-state index contributed by atoms with van der Waals surface area (Å²) in [6.07, 6.45) is 4.79. The minimum atomic E-state index is -0.638. The summed E-state index contributed by atoms with van der Waals surface area (Å²) in [6, 6.07) is 0.226. The number of thioether (sulfide) groups is 1. The van der Waals surface area contributed by atoms with Crippen LogP contribution in [0.1, 0.15) is 40.5 Å². The summed E-state index contributed by atoms with van der Waals surface area (Å²) in [7, 11) is 0. The average molecular weight is 300 g/mol. The Morgan fingerprint density at radius 2 is 2.35 bits per heavy atom. The molecule has 6 heteroatoms. The molecule has 1 rings (SSSR count). The Balaban J connectivity index is 2.45. The molecule has 1 heterocycles. The van der Waals surface area contributed by atoms with Crippen LogP contribution < -0.4 is 5.32 Å². The quantitative estimate of drug-likeness (QED) is 0.430. The van der Waals surface area contributed by atoms with Gasteiger partial charge in [-0.3, -0.25) is 10.1 Å². The maximum atomic E-state index is 12.1. The molecule has 5 nitrogen and oxygen atoms in total. The summed E-state index contributed by atoms with van der Waals surface area (Å²) in [5.41, 5.74) is -0.638. The molecule has 1 aromatic rings. The minimum absolute atomic E-state index is 0.185. The molecule has 0 radical (unpaired) electrons. The number of nitrogens with one attached hydrogen (secondary N) is 1. The van der Waals surface area contributed by atoms with E-state index in [2.05, 4.69) is 10.3 Å². The number of nitrogens with zero attached hydrogens (tertiary/aromatic N) is 1. The smallest absolute Gasteiger partial charge is 0.326 e. The molecule has 20 heavy (non-hydrogen) atoms. The number of rotatable bonds is 9. The van der Waals surface area contributed by atoms with Crippen molar-refractivity contribution in [3.63, 3.8) is 0 Å². The molecule has 0 saturated carbocycles. The van der Waals surface area contributed by atoms with E-state index in [4.69, 9.17) is 9.15 Å². The van der Waals surface area contributed by atoms with Crippen LogP contribution in [0.3, 0.4) is 0 Å². The summed E-state index contributed by atoms with van der Waals surface area (Å²) in [6.45, 7) is 8.18. The van der Waals surface area contributed by atoms with Crippen LogP contribution in [0.25, 0.3) is 0 Å². The van der Waals surface area contributed by atoms with Crippen LogP contribution in [0, 0.1) is 0 Å². The third-order valence-corrected chi connectivity index (χ3v) is 3.73. The van der Waals surface area contributed by atoms with Gasteiger partial charge in [-0.1, -0.05) is 11.8 Å².